The second-order valence-corrected chi connectivity index (χ2v) is 6.52. The molecule has 0 spiro atoms. The van der Waals surface area contributed by atoms with E-state index in [2.05, 4.69) is 45.1 Å². The number of hydrogen-bond acceptors (Lipinski definition) is 3. The first-order valence-electron chi connectivity index (χ1n) is 9.06. The van der Waals surface area contributed by atoms with E-state index in [1.165, 1.54) is 5.52 Å². The van der Waals surface area contributed by atoms with Crippen molar-refractivity contribution in [1.82, 2.24) is 20.2 Å². The molecule has 0 atom stereocenters. The van der Waals surface area contributed by atoms with Crippen molar-refractivity contribution in [2.45, 2.75) is 33.7 Å². The number of aryl methyl sites for hydroxylation is 1. The Morgan fingerprint density at radius 2 is 1.96 bits per heavy atom. The third-order valence-electron chi connectivity index (χ3n) is 4.08. The highest BCUT2D eigenvalue weighted by Gasteiger charge is 2.06. The van der Waals surface area contributed by atoms with E-state index < -0.39 is 0 Å². The minimum absolute atomic E-state index is 0.685. The summed E-state index contributed by atoms with van der Waals surface area (Å²) >= 11 is 0. The summed E-state index contributed by atoms with van der Waals surface area (Å²) in [4.78, 5) is 8.85. The van der Waals surface area contributed by atoms with E-state index in [0.717, 1.165) is 50.0 Å². The van der Waals surface area contributed by atoms with Crippen molar-refractivity contribution in [3.8, 4) is 0 Å². The van der Waals surface area contributed by atoms with Gasteiger partial charge in [0, 0.05) is 33.3 Å². The summed E-state index contributed by atoms with van der Waals surface area (Å²) < 4.78 is 7.84. The molecule has 1 aromatic carbocycles. The average molecular weight is 345 g/mol. The topological polar surface area (TPSA) is 63.5 Å². The molecule has 0 aliphatic heterocycles. The van der Waals surface area contributed by atoms with E-state index >= 15 is 0 Å². The van der Waals surface area contributed by atoms with Crippen LogP contribution in [0.4, 0.5) is 0 Å². The number of benzene rings is 1. The average Bonchev–Trinajstić information content (AvgIpc) is 2.91. The molecule has 1 aromatic heterocycles. The molecule has 0 unspecified atom stereocenters. The molecule has 2 aromatic rings. The molecule has 2 rings (SSSR count). The fourth-order valence-corrected chi connectivity index (χ4v) is 2.65. The molecule has 0 saturated heterocycles. The van der Waals surface area contributed by atoms with Gasteiger partial charge in [0.05, 0.1) is 17.6 Å². The Balaban J connectivity index is 1.71. The predicted octanol–water partition coefficient (Wildman–Crippen LogP) is 2.57. The third-order valence-corrected chi connectivity index (χ3v) is 4.08. The molecule has 0 fully saturated rings. The van der Waals surface area contributed by atoms with Crippen molar-refractivity contribution in [1.29, 1.82) is 0 Å². The fourth-order valence-electron chi connectivity index (χ4n) is 2.65. The number of nitrogens with one attached hydrogen (secondary N) is 2. The van der Waals surface area contributed by atoms with Gasteiger partial charge >= 0.3 is 0 Å². The number of imidazole rings is 1. The van der Waals surface area contributed by atoms with Crippen LogP contribution in [-0.4, -0.2) is 48.9 Å². The van der Waals surface area contributed by atoms with Gasteiger partial charge in [-0.3, -0.25) is 4.99 Å². The lowest BCUT2D eigenvalue weighted by molar-refractivity contribution is 0.128. The summed E-state index contributed by atoms with van der Waals surface area (Å²) in [5.41, 5.74) is 2.21. The lowest BCUT2D eigenvalue weighted by Gasteiger charge is -2.13. The van der Waals surface area contributed by atoms with Gasteiger partial charge in [0.25, 0.3) is 0 Å². The molecule has 25 heavy (non-hydrogen) atoms. The second-order valence-electron chi connectivity index (χ2n) is 6.52. The maximum absolute atomic E-state index is 5.61. The Bertz CT molecular complexity index is 678. The second kappa shape index (κ2) is 10.0. The third kappa shape index (κ3) is 6.05. The molecule has 0 saturated carbocycles. The highest BCUT2D eigenvalue weighted by Crippen LogP contribution is 2.14. The van der Waals surface area contributed by atoms with Crippen LogP contribution in [0.25, 0.3) is 11.0 Å². The van der Waals surface area contributed by atoms with Crippen LogP contribution in [0.1, 0.15) is 26.1 Å². The summed E-state index contributed by atoms with van der Waals surface area (Å²) in [6.07, 6.45) is 1.10. The highest BCUT2D eigenvalue weighted by atomic mass is 16.5. The van der Waals surface area contributed by atoms with Crippen LogP contribution in [0.15, 0.2) is 29.3 Å². The van der Waals surface area contributed by atoms with Crippen molar-refractivity contribution in [3.05, 3.63) is 30.1 Å². The van der Waals surface area contributed by atoms with Gasteiger partial charge < -0.3 is 19.9 Å². The number of nitrogens with zero attached hydrogens (tertiary/aromatic N) is 3. The van der Waals surface area contributed by atoms with E-state index in [-0.39, 0.29) is 0 Å². The van der Waals surface area contributed by atoms with Crippen LogP contribution in [0.3, 0.4) is 0 Å². The van der Waals surface area contributed by atoms with Gasteiger partial charge in [-0.2, -0.15) is 0 Å². The van der Waals surface area contributed by atoms with E-state index in [0.29, 0.717) is 12.5 Å². The standard InChI is InChI=1S/C19H31N5O/c1-15(2)9-13-25-14-11-22-19(20-4)21-10-12-24-16(3)23-17-7-5-6-8-18(17)24/h5-8,15H,9-14H2,1-4H3,(H2,20,21,22). The first kappa shape index (κ1) is 19.2. The number of hydrogen-bond donors (Lipinski definition) is 2. The monoisotopic (exact) mass is 345 g/mol. The molecule has 6 nitrogen and oxygen atoms in total. The molecule has 0 bridgehead atoms. The number of aromatic nitrogens is 2. The Morgan fingerprint density at radius 1 is 1.20 bits per heavy atom. The Hall–Kier alpha value is -2.08. The van der Waals surface area contributed by atoms with E-state index in [1.807, 2.05) is 25.1 Å². The van der Waals surface area contributed by atoms with Crippen LogP contribution in [0.5, 0.6) is 0 Å². The van der Waals surface area contributed by atoms with Gasteiger partial charge in [-0.05, 0) is 31.4 Å². The maximum atomic E-state index is 5.61. The van der Waals surface area contributed by atoms with Gasteiger partial charge in [-0.15, -0.1) is 0 Å². The minimum Gasteiger partial charge on any atom is -0.380 e. The lowest BCUT2D eigenvalue weighted by Crippen LogP contribution is -2.40. The number of rotatable bonds is 9. The van der Waals surface area contributed by atoms with Crippen LogP contribution in [-0.2, 0) is 11.3 Å². The Kier molecular flexibility index (Phi) is 7.73. The first-order chi connectivity index (χ1) is 12.1. The number of guanidine groups is 1. The predicted molar refractivity (Wildman–Crippen MR) is 104 cm³/mol. The van der Waals surface area contributed by atoms with Crippen molar-refractivity contribution in [3.63, 3.8) is 0 Å². The Labute approximate surface area is 150 Å². The molecular weight excluding hydrogens is 314 g/mol. The smallest absolute Gasteiger partial charge is 0.191 e. The number of ether oxygens (including phenoxy) is 1. The van der Waals surface area contributed by atoms with Crippen molar-refractivity contribution < 1.29 is 4.74 Å². The maximum Gasteiger partial charge on any atom is 0.191 e. The van der Waals surface area contributed by atoms with Gasteiger partial charge in [0.1, 0.15) is 5.82 Å². The number of fused-ring (bicyclic) bond motifs is 1. The zero-order chi connectivity index (χ0) is 18.1. The SMILES string of the molecule is CN=C(NCCOCCC(C)C)NCCn1c(C)nc2ccccc21. The number of para-hydroxylation sites is 2. The summed E-state index contributed by atoms with van der Waals surface area (Å²) in [5, 5.41) is 6.62. The summed E-state index contributed by atoms with van der Waals surface area (Å²) in [7, 11) is 1.78. The van der Waals surface area contributed by atoms with Crippen LogP contribution in [0, 0.1) is 12.8 Å². The zero-order valence-corrected chi connectivity index (χ0v) is 15.9. The van der Waals surface area contributed by atoms with Gasteiger partial charge in [-0.1, -0.05) is 26.0 Å². The summed E-state index contributed by atoms with van der Waals surface area (Å²) in [6.45, 7) is 10.4. The molecule has 0 aliphatic rings. The fraction of sp³-hybridized carbons (Fsp3) is 0.579. The molecular formula is C19H31N5O. The molecule has 2 N–H and O–H groups in total. The summed E-state index contributed by atoms with van der Waals surface area (Å²) in [6, 6.07) is 8.22. The lowest BCUT2D eigenvalue weighted by atomic mass is 10.1. The molecule has 6 heteroatoms. The minimum atomic E-state index is 0.685. The van der Waals surface area contributed by atoms with E-state index in [4.69, 9.17) is 4.74 Å². The van der Waals surface area contributed by atoms with Crippen molar-refractivity contribution >= 4 is 17.0 Å². The zero-order valence-electron chi connectivity index (χ0n) is 15.9. The van der Waals surface area contributed by atoms with Gasteiger partial charge in [0.2, 0.25) is 0 Å². The normalized spacial score (nSPS) is 12.1. The molecule has 0 aliphatic carbocycles. The van der Waals surface area contributed by atoms with Gasteiger partial charge in [-0.25, -0.2) is 4.98 Å². The molecule has 0 amide bonds. The molecule has 0 radical (unpaired) electrons. The van der Waals surface area contributed by atoms with Crippen LogP contribution < -0.4 is 10.6 Å². The quantitative estimate of drug-likeness (QED) is 0.416. The summed E-state index contributed by atoms with van der Waals surface area (Å²) in [5.74, 6) is 2.52. The van der Waals surface area contributed by atoms with E-state index in [1.54, 1.807) is 7.05 Å². The van der Waals surface area contributed by atoms with E-state index in [9.17, 15) is 0 Å². The van der Waals surface area contributed by atoms with Crippen LogP contribution in [0.2, 0.25) is 0 Å². The molecule has 138 valence electrons. The van der Waals surface area contributed by atoms with Crippen molar-refractivity contribution in [2.75, 3.05) is 33.4 Å². The molecule has 1 heterocycles. The largest absolute Gasteiger partial charge is 0.380 e. The Morgan fingerprint density at radius 3 is 2.72 bits per heavy atom. The first-order valence-corrected chi connectivity index (χ1v) is 9.06. The van der Waals surface area contributed by atoms with Gasteiger partial charge in [0.15, 0.2) is 5.96 Å². The van der Waals surface area contributed by atoms with Crippen molar-refractivity contribution in [2.24, 2.45) is 10.9 Å². The number of aliphatic imine (C=N–C) groups is 1. The highest BCUT2D eigenvalue weighted by molar-refractivity contribution is 5.79. The van der Waals surface area contributed by atoms with Crippen LogP contribution >= 0.6 is 0 Å².